The first kappa shape index (κ1) is 12.7. The zero-order chi connectivity index (χ0) is 13.2. The number of hydrogen-bond acceptors (Lipinski definition) is 5. The number of rotatable bonds is 4. The first-order valence-corrected chi connectivity index (χ1v) is 7.26. The van der Waals surface area contributed by atoms with Gasteiger partial charge in [-0.3, -0.25) is 0 Å². The van der Waals surface area contributed by atoms with Crippen LogP contribution in [0.15, 0.2) is 6.07 Å². The SMILES string of the molecule is CNc1cc(NC2CCC(O)CC2)nc(C2CC2)n1. The van der Waals surface area contributed by atoms with Crippen molar-refractivity contribution in [2.75, 3.05) is 17.7 Å². The molecule has 0 atom stereocenters. The maximum atomic E-state index is 9.54. The minimum Gasteiger partial charge on any atom is -0.393 e. The van der Waals surface area contributed by atoms with E-state index in [9.17, 15) is 5.11 Å². The lowest BCUT2D eigenvalue weighted by molar-refractivity contribution is 0.126. The van der Waals surface area contributed by atoms with Gasteiger partial charge in [0, 0.05) is 25.1 Å². The third kappa shape index (κ3) is 3.15. The summed E-state index contributed by atoms with van der Waals surface area (Å²) in [5.41, 5.74) is 0. The molecular formula is C14H22N4O. The maximum Gasteiger partial charge on any atom is 0.136 e. The molecule has 19 heavy (non-hydrogen) atoms. The van der Waals surface area contributed by atoms with Gasteiger partial charge in [0.2, 0.25) is 0 Å². The van der Waals surface area contributed by atoms with Gasteiger partial charge in [0.1, 0.15) is 17.5 Å². The van der Waals surface area contributed by atoms with Gasteiger partial charge in [0.25, 0.3) is 0 Å². The van der Waals surface area contributed by atoms with E-state index in [1.807, 2.05) is 13.1 Å². The second-order valence-electron chi connectivity index (χ2n) is 5.67. The largest absolute Gasteiger partial charge is 0.393 e. The highest BCUT2D eigenvalue weighted by atomic mass is 16.3. The van der Waals surface area contributed by atoms with Gasteiger partial charge in [0.15, 0.2) is 0 Å². The van der Waals surface area contributed by atoms with E-state index >= 15 is 0 Å². The first-order valence-electron chi connectivity index (χ1n) is 7.26. The molecule has 2 aliphatic rings. The third-order valence-corrected chi connectivity index (χ3v) is 3.99. The molecule has 3 N–H and O–H groups in total. The zero-order valence-electron chi connectivity index (χ0n) is 11.4. The zero-order valence-corrected chi connectivity index (χ0v) is 11.4. The fourth-order valence-corrected chi connectivity index (χ4v) is 2.62. The second-order valence-corrected chi connectivity index (χ2v) is 5.67. The Labute approximate surface area is 113 Å². The van der Waals surface area contributed by atoms with Gasteiger partial charge in [-0.05, 0) is 38.5 Å². The lowest BCUT2D eigenvalue weighted by atomic mass is 9.93. The van der Waals surface area contributed by atoms with Gasteiger partial charge in [0.05, 0.1) is 6.10 Å². The smallest absolute Gasteiger partial charge is 0.136 e. The van der Waals surface area contributed by atoms with E-state index in [0.717, 1.165) is 43.1 Å². The van der Waals surface area contributed by atoms with Crippen LogP contribution in [0.5, 0.6) is 0 Å². The molecule has 1 aromatic rings. The summed E-state index contributed by atoms with van der Waals surface area (Å²) >= 11 is 0. The Kier molecular flexibility index (Phi) is 3.55. The summed E-state index contributed by atoms with van der Waals surface area (Å²) < 4.78 is 0. The van der Waals surface area contributed by atoms with Crippen molar-refractivity contribution in [1.29, 1.82) is 0 Å². The fourth-order valence-electron chi connectivity index (χ4n) is 2.62. The Morgan fingerprint density at radius 1 is 1.05 bits per heavy atom. The molecule has 0 spiro atoms. The minimum atomic E-state index is -0.113. The molecule has 0 radical (unpaired) electrons. The molecule has 0 aliphatic heterocycles. The third-order valence-electron chi connectivity index (χ3n) is 3.99. The average Bonchev–Trinajstić information content (AvgIpc) is 3.25. The van der Waals surface area contributed by atoms with Crippen LogP contribution in [0.3, 0.4) is 0 Å². The highest BCUT2D eigenvalue weighted by molar-refractivity contribution is 5.48. The summed E-state index contributed by atoms with van der Waals surface area (Å²) in [7, 11) is 1.89. The molecule has 2 saturated carbocycles. The molecule has 0 aromatic carbocycles. The predicted molar refractivity (Wildman–Crippen MR) is 75.4 cm³/mol. The predicted octanol–water partition coefficient (Wildman–Crippen LogP) is 2.11. The van der Waals surface area contributed by atoms with E-state index in [2.05, 4.69) is 20.6 Å². The van der Waals surface area contributed by atoms with Crippen molar-refractivity contribution in [2.45, 2.75) is 56.6 Å². The van der Waals surface area contributed by atoms with Gasteiger partial charge in [-0.2, -0.15) is 0 Å². The molecule has 2 fully saturated rings. The van der Waals surface area contributed by atoms with E-state index in [1.165, 1.54) is 12.8 Å². The molecule has 0 unspecified atom stereocenters. The minimum absolute atomic E-state index is 0.113. The van der Waals surface area contributed by atoms with Gasteiger partial charge in [-0.15, -0.1) is 0 Å². The van der Waals surface area contributed by atoms with Crippen molar-refractivity contribution >= 4 is 11.6 Å². The molecule has 3 rings (SSSR count). The molecule has 0 saturated heterocycles. The maximum absolute atomic E-state index is 9.54. The van der Waals surface area contributed by atoms with E-state index < -0.39 is 0 Å². The van der Waals surface area contributed by atoms with Crippen LogP contribution in [0, 0.1) is 0 Å². The molecule has 5 heteroatoms. The topological polar surface area (TPSA) is 70.1 Å². The van der Waals surface area contributed by atoms with Gasteiger partial charge < -0.3 is 15.7 Å². The van der Waals surface area contributed by atoms with Crippen molar-refractivity contribution in [3.8, 4) is 0 Å². The van der Waals surface area contributed by atoms with Crippen LogP contribution in [0.2, 0.25) is 0 Å². The molecule has 1 heterocycles. The van der Waals surface area contributed by atoms with Crippen LogP contribution in [-0.2, 0) is 0 Å². The number of aromatic nitrogens is 2. The number of nitrogens with one attached hydrogen (secondary N) is 2. The lowest BCUT2D eigenvalue weighted by Crippen LogP contribution is -2.28. The number of nitrogens with zero attached hydrogens (tertiary/aromatic N) is 2. The Hall–Kier alpha value is -1.36. The molecular weight excluding hydrogens is 240 g/mol. The second kappa shape index (κ2) is 5.33. The summed E-state index contributed by atoms with van der Waals surface area (Å²) in [5.74, 6) is 3.32. The highest BCUT2D eigenvalue weighted by Gasteiger charge is 2.28. The van der Waals surface area contributed by atoms with Crippen molar-refractivity contribution < 1.29 is 5.11 Å². The summed E-state index contributed by atoms with van der Waals surface area (Å²) in [6.07, 6.45) is 6.11. The van der Waals surface area contributed by atoms with Crippen LogP contribution in [0.1, 0.15) is 50.3 Å². The van der Waals surface area contributed by atoms with Crippen molar-refractivity contribution in [2.24, 2.45) is 0 Å². The van der Waals surface area contributed by atoms with Gasteiger partial charge in [-0.25, -0.2) is 9.97 Å². The number of anilines is 2. The molecule has 104 valence electrons. The van der Waals surface area contributed by atoms with E-state index in [4.69, 9.17) is 0 Å². The monoisotopic (exact) mass is 262 g/mol. The Morgan fingerprint density at radius 3 is 2.37 bits per heavy atom. The average molecular weight is 262 g/mol. The summed E-state index contributed by atoms with van der Waals surface area (Å²) in [5, 5.41) is 16.1. The van der Waals surface area contributed by atoms with Crippen LogP contribution in [0.4, 0.5) is 11.6 Å². The van der Waals surface area contributed by atoms with E-state index in [-0.39, 0.29) is 6.10 Å². The van der Waals surface area contributed by atoms with Crippen molar-refractivity contribution in [3.05, 3.63) is 11.9 Å². The summed E-state index contributed by atoms with van der Waals surface area (Å²) in [6, 6.07) is 2.40. The molecule has 5 nitrogen and oxygen atoms in total. The van der Waals surface area contributed by atoms with Crippen molar-refractivity contribution in [3.63, 3.8) is 0 Å². The lowest BCUT2D eigenvalue weighted by Gasteiger charge is -2.26. The molecule has 2 aliphatic carbocycles. The van der Waals surface area contributed by atoms with Gasteiger partial charge in [-0.1, -0.05) is 0 Å². The highest BCUT2D eigenvalue weighted by Crippen LogP contribution is 2.39. The molecule has 1 aromatic heterocycles. The van der Waals surface area contributed by atoms with E-state index in [1.54, 1.807) is 0 Å². The molecule has 0 bridgehead atoms. The Balaban J connectivity index is 1.70. The summed E-state index contributed by atoms with van der Waals surface area (Å²) in [4.78, 5) is 9.15. The van der Waals surface area contributed by atoms with Gasteiger partial charge >= 0.3 is 0 Å². The van der Waals surface area contributed by atoms with E-state index in [0.29, 0.717) is 12.0 Å². The normalized spacial score (nSPS) is 27.1. The van der Waals surface area contributed by atoms with Crippen LogP contribution < -0.4 is 10.6 Å². The first-order chi connectivity index (χ1) is 9.24. The van der Waals surface area contributed by atoms with Crippen LogP contribution in [0.25, 0.3) is 0 Å². The van der Waals surface area contributed by atoms with Crippen LogP contribution >= 0.6 is 0 Å². The quantitative estimate of drug-likeness (QED) is 0.775. The Bertz CT molecular complexity index is 439. The van der Waals surface area contributed by atoms with Crippen LogP contribution in [-0.4, -0.2) is 34.3 Å². The number of hydrogen-bond donors (Lipinski definition) is 3. The molecule has 0 amide bonds. The fraction of sp³-hybridized carbons (Fsp3) is 0.714. The van der Waals surface area contributed by atoms with Crippen molar-refractivity contribution in [1.82, 2.24) is 9.97 Å². The standard InChI is InChI=1S/C14H22N4O/c1-15-12-8-13(18-14(17-12)9-2-3-9)16-10-4-6-11(19)7-5-10/h8-11,19H,2-7H2,1H3,(H2,15,16,17,18). The number of aliphatic hydroxyl groups excluding tert-OH is 1. The summed E-state index contributed by atoms with van der Waals surface area (Å²) in [6.45, 7) is 0. The number of aliphatic hydroxyl groups is 1. The Morgan fingerprint density at radius 2 is 1.74 bits per heavy atom.